The minimum absolute atomic E-state index is 0.0206. The summed E-state index contributed by atoms with van der Waals surface area (Å²) in [6.07, 6.45) is 7.85. The van der Waals surface area contributed by atoms with Gasteiger partial charge in [-0.1, -0.05) is 38.1 Å². The lowest BCUT2D eigenvalue weighted by Gasteiger charge is -2.56. The maximum Gasteiger partial charge on any atom is 0.297 e. The van der Waals surface area contributed by atoms with E-state index in [1.54, 1.807) is 12.3 Å². The minimum Gasteiger partial charge on any atom is -0.489 e. The van der Waals surface area contributed by atoms with Crippen LogP contribution >= 0.6 is 0 Å². The Morgan fingerprint density at radius 3 is 2.57 bits per heavy atom. The molecular weight excluding hydrogens is 917 g/mol. The number of nitrogens with zero attached hydrogens (tertiary/aromatic N) is 5. The summed E-state index contributed by atoms with van der Waals surface area (Å²) < 4.78 is 60.5. The third-order valence-electron chi connectivity index (χ3n) is 15.9. The Labute approximate surface area is 406 Å². The molecule has 3 aromatic carbocycles. The van der Waals surface area contributed by atoms with Gasteiger partial charge in [-0.2, -0.15) is 4.98 Å². The maximum absolute atomic E-state index is 14.7. The van der Waals surface area contributed by atoms with Gasteiger partial charge in [0.2, 0.25) is 5.88 Å². The molecule has 4 saturated heterocycles. The van der Waals surface area contributed by atoms with Crippen LogP contribution in [0, 0.1) is 15.5 Å². The van der Waals surface area contributed by atoms with Crippen molar-refractivity contribution in [2.45, 2.75) is 99.6 Å². The van der Waals surface area contributed by atoms with E-state index in [4.69, 9.17) is 28.7 Å². The first-order valence-electron chi connectivity index (χ1n) is 24.7. The summed E-state index contributed by atoms with van der Waals surface area (Å²) in [4.78, 5) is 41.1. The third-order valence-corrected chi connectivity index (χ3v) is 17.2. The average Bonchev–Trinajstić information content (AvgIpc) is 4.16. The highest BCUT2D eigenvalue weighted by molar-refractivity contribution is 7.90. The molecule has 3 N–H and O–H groups in total. The van der Waals surface area contributed by atoms with E-state index >= 15 is 0 Å². The molecule has 1 amide bonds. The van der Waals surface area contributed by atoms with Crippen molar-refractivity contribution >= 4 is 55.4 Å². The number of likely N-dealkylation sites (tertiary alicyclic amines) is 1. The van der Waals surface area contributed by atoms with Crippen LogP contribution in [0.25, 0.3) is 11.0 Å². The summed E-state index contributed by atoms with van der Waals surface area (Å²) >= 11 is 0. The van der Waals surface area contributed by atoms with Gasteiger partial charge in [0.05, 0.1) is 66.2 Å². The van der Waals surface area contributed by atoms with Crippen molar-refractivity contribution in [3.63, 3.8) is 0 Å². The number of sulfonamides is 1. The number of aromatic amines is 1. The molecule has 12 rings (SSSR count). The summed E-state index contributed by atoms with van der Waals surface area (Å²) in [6, 6.07) is 20.7. The van der Waals surface area contributed by atoms with Crippen LogP contribution in [0.5, 0.6) is 11.6 Å². The van der Waals surface area contributed by atoms with Gasteiger partial charge in [0.15, 0.2) is 11.4 Å². The van der Waals surface area contributed by atoms with E-state index in [1.807, 2.05) is 29.2 Å². The number of benzene rings is 3. The Morgan fingerprint density at radius 1 is 0.943 bits per heavy atom. The van der Waals surface area contributed by atoms with E-state index < -0.39 is 49.7 Å². The number of hydrogen-bond acceptors (Lipinski definition) is 15. The summed E-state index contributed by atoms with van der Waals surface area (Å²) in [5.74, 6) is -0.103. The molecule has 0 bridgehead atoms. The Morgan fingerprint density at radius 2 is 1.77 bits per heavy atom. The molecule has 70 heavy (non-hydrogen) atoms. The zero-order valence-corrected chi connectivity index (χ0v) is 40.1. The van der Waals surface area contributed by atoms with Crippen molar-refractivity contribution in [2.75, 3.05) is 74.4 Å². The normalized spacial score (nSPS) is 25.4. The lowest BCUT2D eigenvalue weighted by atomic mass is 9.59. The van der Waals surface area contributed by atoms with Crippen molar-refractivity contribution in [3.8, 4) is 11.6 Å². The standard InChI is InChI=1S/C51H58N8O10S/c1-30(2)35-6-3-4-7-36(35)39-8-5-15-57(39)33-24-51(25-33)12-16-56(17-13-51)32-9-10-37(40(21-32)58-42-20-31-11-14-52-48(31)54-50(42)69-46-29-66-27-43(46)58)49(60)55-70(63,64)34-22-41(59(61)62)47-44(23-34)68-26-38(53-47)45-28-65-18-19-67-45/h3-4,6-7,9-11,14,20-23,30,33,38-39,43,45-46,53H,5,8,12-13,15-19,24-29H2,1-2H3,(H,52,54)(H,55,60)/t38-,39+,43-,45-,46-/m1/s1. The number of rotatable bonds is 10. The van der Waals surface area contributed by atoms with Crippen LogP contribution < -0.4 is 29.3 Å². The number of nitro groups is 1. The van der Waals surface area contributed by atoms with Crippen molar-refractivity contribution in [2.24, 2.45) is 5.41 Å². The molecule has 1 aliphatic carbocycles. The van der Waals surface area contributed by atoms with Gasteiger partial charge in [-0.25, -0.2) is 13.1 Å². The molecule has 5 aromatic rings. The van der Waals surface area contributed by atoms with Crippen LogP contribution in [0.3, 0.4) is 0 Å². The fourth-order valence-electron chi connectivity index (χ4n) is 12.3. The van der Waals surface area contributed by atoms with E-state index in [1.165, 1.54) is 42.9 Å². The highest BCUT2D eigenvalue weighted by Gasteiger charge is 2.50. The monoisotopic (exact) mass is 974 g/mol. The van der Waals surface area contributed by atoms with E-state index in [9.17, 15) is 23.3 Å². The Hall–Kier alpha value is -5.99. The number of carbonyl (C=O) groups is 1. The summed E-state index contributed by atoms with van der Waals surface area (Å²) in [5.41, 5.74) is 5.43. The van der Waals surface area contributed by atoms with Crippen molar-refractivity contribution in [3.05, 3.63) is 99.7 Å². The van der Waals surface area contributed by atoms with Gasteiger partial charge in [-0.15, -0.1) is 0 Å². The van der Waals surface area contributed by atoms with Gasteiger partial charge >= 0.3 is 0 Å². The Balaban J connectivity index is 0.831. The van der Waals surface area contributed by atoms with Crippen molar-refractivity contribution in [1.82, 2.24) is 19.6 Å². The number of H-pyrrole nitrogens is 1. The van der Waals surface area contributed by atoms with Crippen LogP contribution in [0.4, 0.5) is 28.4 Å². The summed E-state index contributed by atoms with van der Waals surface area (Å²) in [7, 11) is -4.71. The number of amides is 1. The molecule has 19 heteroatoms. The molecule has 368 valence electrons. The summed E-state index contributed by atoms with van der Waals surface area (Å²) in [6.45, 7) is 9.12. The molecule has 0 unspecified atom stereocenters. The lowest BCUT2D eigenvalue weighted by molar-refractivity contribution is -0.384. The number of nitrogens with one attached hydrogen (secondary N) is 3. The number of fused-ring (bicyclic) bond motifs is 4. The number of ether oxygens (including phenoxy) is 5. The van der Waals surface area contributed by atoms with Crippen molar-refractivity contribution in [1.29, 1.82) is 0 Å². The van der Waals surface area contributed by atoms with Crippen LogP contribution in [-0.4, -0.2) is 124 Å². The fourth-order valence-corrected chi connectivity index (χ4v) is 13.3. The van der Waals surface area contributed by atoms with E-state index in [0.29, 0.717) is 67.3 Å². The lowest BCUT2D eigenvalue weighted by Crippen LogP contribution is -2.55. The molecule has 5 atom stereocenters. The second kappa shape index (κ2) is 17.7. The van der Waals surface area contributed by atoms with E-state index in [2.05, 4.69) is 62.9 Å². The first-order chi connectivity index (χ1) is 33.9. The molecule has 1 spiro atoms. The first-order valence-corrected chi connectivity index (χ1v) is 26.1. The summed E-state index contributed by atoms with van der Waals surface area (Å²) in [5, 5.41) is 16.4. The zero-order chi connectivity index (χ0) is 47.9. The van der Waals surface area contributed by atoms with Gasteiger partial charge < -0.3 is 43.8 Å². The maximum atomic E-state index is 14.7. The van der Waals surface area contributed by atoms with Gasteiger partial charge in [-0.05, 0) is 97.9 Å². The Kier molecular flexibility index (Phi) is 11.4. The third kappa shape index (κ3) is 7.99. The SMILES string of the molecule is CC(C)c1ccccc1[C@@H]1CCCN1C1CC2(CCN(c3ccc(C(=O)NS(=O)(=O)c4cc5c(c([N+](=O)[O-])c4)N[C@@H]([C@H]4COCCO4)CO5)c(N4c5cc6cc[nH]c6nc5O[C@@H]5COC[C@H]54)c3)CC2)C1. The highest BCUT2D eigenvalue weighted by Crippen LogP contribution is 2.55. The Bertz CT molecular complexity index is 2960. The first kappa shape index (κ1) is 45.2. The number of piperidine rings is 1. The van der Waals surface area contributed by atoms with Gasteiger partial charge in [-0.3, -0.25) is 19.8 Å². The number of nitro benzene ring substituents is 1. The predicted octanol–water partition coefficient (Wildman–Crippen LogP) is 7.19. The molecule has 1 saturated carbocycles. The van der Waals surface area contributed by atoms with Crippen molar-refractivity contribution < 1.29 is 41.8 Å². The molecule has 0 radical (unpaired) electrons. The number of hydrogen-bond donors (Lipinski definition) is 3. The number of aromatic nitrogens is 2. The van der Waals surface area contributed by atoms with E-state index in [0.717, 1.165) is 49.6 Å². The molecule has 18 nitrogen and oxygen atoms in total. The fraction of sp³-hybridized carbons (Fsp3) is 0.490. The average molecular weight is 975 g/mol. The minimum atomic E-state index is -4.71. The van der Waals surface area contributed by atoms with Gasteiger partial charge in [0.1, 0.15) is 30.1 Å². The quantitative estimate of drug-likeness (QED) is 0.0937. The van der Waals surface area contributed by atoms with Crippen LogP contribution in [0.2, 0.25) is 0 Å². The van der Waals surface area contributed by atoms with Crippen LogP contribution in [-0.2, 0) is 24.2 Å². The largest absolute Gasteiger partial charge is 0.489 e. The van der Waals surface area contributed by atoms with E-state index in [-0.39, 0.29) is 41.7 Å². The van der Waals surface area contributed by atoms with Crippen LogP contribution in [0.15, 0.2) is 77.8 Å². The zero-order valence-electron chi connectivity index (χ0n) is 39.3. The molecule has 5 fully saturated rings. The molecule has 6 aliphatic heterocycles. The number of carbonyl (C=O) groups excluding carboxylic acids is 1. The topological polar surface area (TPSA) is 203 Å². The van der Waals surface area contributed by atoms with Crippen LogP contribution in [0.1, 0.15) is 85.8 Å². The highest BCUT2D eigenvalue weighted by atomic mass is 32.2. The number of anilines is 4. The number of pyridine rings is 1. The molecule has 7 aliphatic rings. The molecule has 8 heterocycles. The second-order valence-corrected chi connectivity index (χ2v) is 22.0. The molecule has 2 aromatic heterocycles. The van der Waals surface area contributed by atoms with Gasteiger partial charge in [0.25, 0.3) is 21.6 Å². The predicted molar refractivity (Wildman–Crippen MR) is 261 cm³/mol. The van der Waals surface area contributed by atoms with Gasteiger partial charge in [0, 0.05) is 54.6 Å². The second-order valence-electron chi connectivity index (χ2n) is 20.3. The molecular formula is C51H58N8O10S. The smallest absolute Gasteiger partial charge is 0.297 e.